The van der Waals surface area contributed by atoms with Crippen LogP contribution in [0.2, 0.25) is 0 Å². The molecule has 2 aliphatic heterocycles. The Morgan fingerprint density at radius 1 is 1.13 bits per heavy atom. The lowest BCUT2D eigenvalue weighted by Gasteiger charge is -2.34. The van der Waals surface area contributed by atoms with Gasteiger partial charge in [0.1, 0.15) is 24.2 Å². The van der Waals surface area contributed by atoms with E-state index in [2.05, 4.69) is 5.32 Å². The lowest BCUT2D eigenvalue weighted by molar-refractivity contribution is -0.170. The molecule has 1 fully saturated rings. The van der Waals surface area contributed by atoms with Gasteiger partial charge in [0.15, 0.2) is 0 Å². The number of halogens is 4. The summed E-state index contributed by atoms with van der Waals surface area (Å²) in [5, 5.41) is 29.2. The highest BCUT2D eigenvalue weighted by Crippen LogP contribution is 2.31. The van der Waals surface area contributed by atoms with Crippen LogP contribution in [0.15, 0.2) is 36.4 Å². The van der Waals surface area contributed by atoms with Crippen LogP contribution < -0.4 is 25.1 Å². The molecule has 16 nitrogen and oxygen atoms in total. The van der Waals surface area contributed by atoms with Gasteiger partial charge in [-0.3, -0.25) is 24.0 Å². The van der Waals surface area contributed by atoms with E-state index in [0.29, 0.717) is 6.07 Å². The molecule has 1 saturated heterocycles. The van der Waals surface area contributed by atoms with Crippen molar-refractivity contribution in [2.24, 2.45) is 5.14 Å². The third kappa shape index (κ3) is 7.81. The average molecular weight is 674 g/mol. The number of carboxylic acids is 1. The van der Waals surface area contributed by atoms with Gasteiger partial charge in [-0.25, -0.2) is 19.1 Å². The molecule has 2 heterocycles. The van der Waals surface area contributed by atoms with Crippen LogP contribution in [-0.4, -0.2) is 96.9 Å². The quantitative estimate of drug-likeness (QED) is 0.117. The van der Waals surface area contributed by atoms with Gasteiger partial charge < -0.3 is 30.3 Å². The monoisotopic (exact) mass is 674 g/mol. The normalized spacial score (nSPS) is 17.5. The van der Waals surface area contributed by atoms with Crippen LogP contribution in [0.4, 0.5) is 28.0 Å². The summed E-state index contributed by atoms with van der Waals surface area (Å²) in [5.41, 5.74) is -1.15. The molecule has 5 amide bonds. The third-order valence-electron chi connectivity index (χ3n) is 6.70. The van der Waals surface area contributed by atoms with Crippen molar-refractivity contribution in [3.63, 3.8) is 0 Å². The fourth-order valence-electron chi connectivity index (χ4n) is 4.70. The molecule has 46 heavy (non-hydrogen) atoms. The maximum atomic E-state index is 15.1. The number of piperazine rings is 1. The zero-order chi connectivity index (χ0) is 34.1. The summed E-state index contributed by atoms with van der Waals surface area (Å²) in [6.07, 6.45) is -5.08. The van der Waals surface area contributed by atoms with E-state index in [4.69, 9.17) is 9.79 Å². The average Bonchev–Trinajstić information content (AvgIpc) is 2.94. The molecule has 0 saturated carbocycles. The molecule has 0 unspecified atom stereocenters. The molecule has 2 aromatic rings. The topological polar surface area (TPSA) is 238 Å². The number of alkyl halides is 3. The first-order valence-electron chi connectivity index (χ1n) is 12.9. The summed E-state index contributed by atoms with van der Waals surface area (Å²) in [5.74, 6) is -8.73. The number of para-hydroxylation sites is 1. The van der Waals surface area contributed by atoms with Crippen LogP contribution >= 0.6 is 0 Å². The van der Waals surface area contributed by atoms with E-state index in [1.165, 1.54) is 18.2 Å². The van der Waals surface area contributed by atoms with Crippen LogP contribution in [-0.2, 0) is 31.0 Å². The van der Waals surface area contributed by atoms with Gasteiger partial charge in [0.2, 0.25) is 5.91 Å². The van der Waals surface area contributed by atoms with Crippen molar-refractivity contribution < 1.29 is 64.7 Å². The van der Waals surface area contributed by atoms with Crippen molar-refractivity contribution in [2.45, 2.75) is 24.6 Å². The minimum Gasteiger partial charge on any atom is -0.534 e. The number of carbonyl (C=O) groups is 5. The number of benzene rings is 2. The molecule has 4 rings (SSSR count). The van der Waals surface area contributed by atoms with Gasteiger partial charge >= 0.3 is 37.1 Å². The fourth-order valence-corrected chi connectivity index (χ4v) is 5.15. The molecule has 2 aromatic carbocycles. The van der Waals surface area contributed by atoms with Crippen molar-refractivity contribution in [1.82, 2.24) is 20.4 Å². The van der Waals surface area contributed by atoms with E-state index < -0.39 is 96.2 Å². The minimum absolute atomic E-state index is 0.163. The number of hydrogen-bond donors (Lipinski definition) is 6. The number of fused-ring (bicyclic) bond motifs is 1. The van der Waals surface area contributed by atoms with E-state index in [9.17, 15) is 55.7 Å². The molecule has 0 spiro atoms. The predicted octanol–water partition coefficient (Wildman–Crippen LogP) is -0.737. The standard InChI is InChI=1S/C24H23BF4N6O10S/c26-15-5-4-12(33-46(30,43)44)9-14(15)17(32-23(41)35-7-6-34(10-24(27,28)29)20(37)21(35)38)19(36)31-16-8-11-2-1-3-13(22(39)40)18(11)45-25(16)42/h1-5,9,16-17,33,42H,6-8,10H2,(H,31,36)(H,32,41)(H,39,40)(H2,30,43,44)/t16-,17-/m0/s1. The highest BCUT2D eigenvalue weighted by molar-refractivity contribution is 7.90. The number of imide groups is 1. The van der Waals surface area contributed by atoms with Gasteiger partial charge in [-0.1, -0.05) is 12.1 Å². The zero-order valence-electron chi connectivity index (χ0n) is 23.1. The Bertz CT molecular complexity index is 1710. The molecule has 246 valence electrons. The van der Waals surface area contributed by atoms with Gasteiger partial charge in [0.05, 0.1) is 17.2 Å². The van der Waals surface area contributed by atoms with E-state index in [1.807, 2.05) is 10.0 Å². The zero-order valence-corrected chi connectivity index (χ0v) is 23.9. The summed E-state index contributed by atoms with van der Waals surface area (Å²) < 4.78 is 83.7. The van der Waals surface area contributed by atoms with E-state index in [-0.39, 0.29) is 38.8 Å². The molecule has 0 aromatic heterocycles. The number of carbonyl (C=O) groups excluding carboxylic acids is 4. The van der Waals surface area contributed by atoms with Crippen LogP contribution in [0, 0.1) is 5.82 Å². The van der Waals surface area contributed by atoms with Crippen LogP contribution in [0.1, 0.15) is 27.5 Å². The molecule has 2 atom stereocenters. The first-order valence-corrected chi connectivity index (χ1v) is 14.5. The molecule has 0 bridgehead atoms. The highest BCUT2D eigenvalue weighted by atomic mass is 32.2. The number of aromatic carboxylic acids is 1. The Balaban J connectivity index is 1.63. The lowest BCUT2D eigenvalue weighted by atomic mass is 9.72. The van der Waals surface area contributed by atoms with Crippen molar-refractivity contribution in [1.29, 1.82) is 0 Å². The third-order valence-corrected chi connectivity index (χ3v) is 7.22. The second kappa shape index (κ2) is 12.8. The second-order valence-corrected chi connectivity index (χ2v) is 11.3. The number of hydrogen-bond acceptors (Lipinski definition) is 9. The number of nitrogens with one attached hydrogen (secondary N) is 3. The molecular weight excluding hydrogens is 651 g/mol. The second-order valence-electron chi connectivity index (χ2n) is 9.99. The van der Waals surface area contributed by atoms with Crippen molar-refractivity contribution in [3.8, 4) is 5.75 Å². The maximum Gasteiger partial charge on any atom is 0.547 e. The smallest absolute Gasteiger partial charge is 0.534 e. The molecule has 0 radical (unpaired) electrons. The number of nitrogens with two attached hydrogens (primary N) is 1. The van der Waals surface area contributed by atoms with Gasteiger partial charge in [-0.2, -0.15) is 21.6 Å². The lowest BCUT2D eigenvalue weighted by Crippen LogP contribution is -2.61. The Labute approximate surface area is 256 Å². The van der Waals surface area contributed by atoms with Gasteiger partial charge in [-0.05, 0) is 36.2 Å². The highest BCUT2D eigenvalue weighted by Gasteiger charge is 2.43. The Morgan fingerprint density at radius 2 is 1.83 bits per heavy atom. The molecular formula is C24H23BF4N6O10S. The van der Waals surface area contributed by atoms with Crippen molar-refractivity contribution in [3.05, 3.63) is 58.9 Å². The molecule has 22 heteroatoms. The van der Waals surface area contributed by atoms with E-state index in [0.717, 1.165) is 12.1 Å². The molecule has 0 aliphatic carbocycles. The molecule has 7 N–H and O–H groups in total. The summed E-state index contributed by atoms with van der Waals surface area (Å²) in [7, 11) is -6.29. The van der Waals surface area contributed by atoms with Gasteiger partial charge in [0, 0.05) is 18.7 Å². The van der Waals surface area contributed by atoms with E-state index in [1.54, 1.807) is 0 Å². The summed E-state index contributed by atoms with van der Waals surface area (Å²) >= 11 is 0. The number of amides is 5. The predicted molar refractivity (Wildman–Crippen MR) is 146 cm³/mol. The Kier molecular flexibility index (Phi) is 9.45. The Morgan fingerprint density at radius 3 is 2.46 bits per heavy atom. The number of anilines is 1. The first kappa shape index (κ1) is 33.9. The number of carboxylic acid groups (broad SMARTS) is 1. The summed E-state index contributed by atoms with van der Waals surface area (Å²) in [4.78, 5) is 63.3. The van der Waals surface area contributed by atoms with Crippen LogP contribution in [0.25, 0.3) is 0 Å². The maximum absolute atomic E-state index is 15.1. The Hall–Kier alpha value is -4.96. The van der Waals surface area contributed by atoms with Crippen LogP contribution in [0.5, 0.6) is 5.75 Å². The van der Waals surface area contributed by atoms with Gasteiger partial charge in [-0.15, -0.1) is 0 Å². The molecule has 2 aliphatic rings. The van der Waals surface area contributed by atoms with Gasteiger partial charge in [0.25, 0.3) is 10.2 Å². The summed E-state index contributed by atoms with van der Waals surface area (Å²) in [6, 6.07) is 2.75. The number of nitrogens with zero attached hydrogens (tertiary/aromatic N) is 2. The number of urea groups is 1. The van der Waals surface area contributed by atoms with E-state index >= 15 is 4.39 Å². The number of rotatable bonds is 8. The van der Waals surface area contributed by atoms with Crippen LogP contribution in [0.3, 0.4) is 0 Å². The largest absolute Gasteiger partial charge is 0.547 e. The van der Waals surface area contributed by atoms with Crippen molar-refractivity contribution >= 4 is 52.7 Å². The summed E-state index contributed by atoms with van der Waals surface area (Å²) in [6.45, 7) is -3.23. The minimum atomic E-state index is -4.85. The SMILES string of the molecule is NS(=O)(=O)Nc1ccc(F)c([C@H](NC(=O)N2CCN(CC(F)(F)F)C(=O)C2=O)C(=O)N[C@H]2Cc3cccc(C(=O)O)c3OB2O)c1. The fraction of sp³-hybridized carbons (Fsp3) is 0.292. The van der Waals surface area contributed by atoms with Crippen molar-refractivity contribution in [2.75, 3.05) is 24.4 Å². The first-order chi connectivity index (χ1) is 21.3.